The fraction of sp³-hybridized carbons (Fsp3) is 0.389. The molecular weight excluding hydrogens is 306 g/mol. The number of benzene rings is 1. The van der Waals surface area contributed by atoms with Crippen molar-refractivity contribution in [1.82, 2.24) is 9.97 Å². The number of ether oxygens (including phenoxy) is 2. The van der Waals surface area contributed by atoms with Gasteiger partial charge in [0.05, 0.1) is 19.5 Å². The lowest BCUT2D eigenvalue weighted by Crippen LogP contribution is -2.37. The standard InChI is InChI=1S/C18H21N3O3/c1-23-10-8-13-7-9-21(16-6-4-3-5-14(13)16)18(22)15-11-19-12-17(20-15)24-2/h3-6,11-13H,7-10H2,1-2H3. The minimum atomic E-state index is -0.154. The Morgan fingerprint density at radius 2 is 2.12 bits per heavy atom. The second-order valence-corrected chi connectivity index (χ2v) is 5.73. The van der Waals surface area contributed by atoms with Gasteiger partial charge in [0, 0.05) is 25.9 Å². The molecule has 0 bridgehead atoms. The molecule has 0 fully saturated rings. The van der Waals surface area contributed by atoms with E-state index < -0.39 is 0 Å². The van der Waals surface area contributed by atoms with Gasteiger partial charge < -0.3 is 14.4 Å². The second-order valence-electron chi connectivity index (χ2n) is 5.73. The Hall–Kier alpha value is -2.47. The predicted octanol–water partition coefficient (Wildman–Crippen LogP) is 2.66. The van der Waals surface area contributed by atoms with Crippen molar-refractivity contribution < 1.29 is 14.3 Å². The van der Waals surface area contributed by atoms with Gasteiger partial charge in [0.25, 0.3) is 5.91 Å². The van der Waals surface area contributed by atoms with Crippen LogP contribution >= 0.6 is 0 Å². The molecule has 2 heterocycles. The summed E-state index contributed by atoms with van der Waals surface area (Å²) in [4.78, 5) is 22.9. The minimum absolute atomic E-state index is 0.154. The van der Waals surface area contributed by atoms with Gasteiger partial charge in [0.2, 0.25) is 5.88 Å². The average Bonchev–Trinajstić information content (AvgIpc) is 2.65. The molecule has 0 saturated carbocycles. The number of fused-ring (bicyclic) bond motifs is 1. The highest BCUT2D eigenvalue weighted by Gasteiger charge is 2.29. The van der Waals surface area contributed by atoms with E-state index in [9.17, 15) is 4.79 Å². The third-order valence-corrected chi connectivity index (χ3v) is 4.32. The van der Waals surface area contributed by atoms with Crippen molar-refractivity contribution in [1.29, 1.82) is 0 Å². The van der Waals surface area contributed by atoms with Crippen LogP contribution in [0.2, 0.25) is 0 Å². The fourth-order valence-electron chi connectivity index (χ4n) is 3.10. The number of carbonyl (C=O) groups is 1. The van der Waals surface area contributed by atoms with E-state index in [1.807, 2.05) is 18.2 Å². The lowest BCUT2D eigenvalue weighted by molar-refractivity contribution is 0.0977. The molecule has 1 aliphatic heterocycles. The zero-order chi connectivity index (χ0) is 16.9. The zero-order valence-electron chi connectivity index (χ0n) is 13.9. The summed E-state index contributed by atoms with van der Waals surface area (Å²) in [6.45, 7) is 1.37. The molecule has 6 nitrogen and oxygen atoms in total. The van der Waals surface area contributed by atoms with Crippen LogP contribution in [0.1, 0.15) is 34.8 Å². The van der Waals surface area contributed by atoms with Crippen molar-refractivity contribution >= 4 is 11.6 Å². The van der Waals surface area contributed by atoms with Crippen LogP contribution in [0.3, 0.4) is 0 Å². The topological polar surface area (TPSA) is 64.5 Å². The van der Waals surface area contributed by atoms with Crippen LogP contribution in [-0.2, 0) is 4.74 Å². The van der Waals surface area contributed by atoms with Crippen molar-refractivity contribution in [3.63, 3.8) is 0 Å². The second kappa shape index (κ2) is 7.40. The Balaban J connectivity index is 1.89. The maximum Gasteiger partial charge on any atom is 0.278 e. The normalized spacial score (nSPS) is 16.6. The molecule has 0 N–H and O–H groups in total. The molecule has 1 atom stereocenters. The Morgan fingerprint density at radius 1 is 1.29 bits per heavy atom. The third kappa shape index (κ3) is 3.23. The Morgan fingerprint density at radius 3 is 2.92 bits per heavy atom. The molecule has 2 aromatic rings. The molecule has 0 radical (unpaired) electrons. The summed E-state index contributed by atoms with van der Waals surface area (Å²) in [6.07, 6.45) is 4.82. The monoisotopic (exact) mass is 327 g/mol. The number of amides is 1. The van der Waals surface area contributed by atoms with Gasteiger partial charge in [-0.1, -0.05) is 18.2 Å². The van der Waals surface area contributed by atoms with E-state index in [2.05, 4.69) is 16.0 Å². The van der Waals surface area contributed by atoms with Crippen molar-refractivity contribution in [2.45, 2.75) is 18.8 Å². The molecule has 1 aromatic carbocycles. The maximum atomic E-state index is 12.9. The summed E-state index contributed by atoms with van der Waals surface area (Å²) < 4.78 is 10.3. The first-order valence-corrected chi connectivity index (χ1v) is 8.00. The van der Waals surface area contributed by atoms with Gasteiger partial charge in [-0.05, 0) is 30.4 Å². The van der Waals surface area contributed by atoms with Crippen LogP contribution in [0.25, 0.3) is 0 Å². The summed E-state index contributed by atoms with van der Waals surface area (Å²) in [5.74, 6) is 0.588. The molecular formula is C18H21N3O3. The van der Waals surface area contributed by atoms with E-state index >= 15 is 0 Å². The van der Waals surface area contributed by atoms with Gasteiger partial charge >= 0.3 is 0 Å². The lowest BCUT2D eigenvalue weighted by Gasteiger charge is -2.34. The summed E-state index contributed by atoms with van der Waals surface area (Å²) >= 11 is 0. The van der Waals surface area contributed by atoms with E-state index in [1.165, 1.54) is 25.1 Å². The van der Waals surface area contributed by atoms with Crippen LogP contribution in [0, 0.1) is 0 Å². The molecule has 24 heavy (non-hydrogen) atoms. The Bertz CT molecular complexity index is 720. The van der Waals surface area contributed by atoms with E-state index in [1.54, 1.807) is 12.0 Å². The van der Waals surface area contributed by atoms with Gasteiger partial charge in [0.15, 0.2) is 5.69 Å². The quantitative estimate of drug-likeness (QED) is 0.845. The van der Waals surface area contributed by atoms with Crippen LogP contribution in [0.4, 0.5) is 5.69 Å². The predicted molar refractivity (Wildman–Crippen MR) is 90.6 cm³/mol. The Labute approximate surface area is 141 Å². The van der Waals surface area contributed by atoms with Gasteiger partial charge in [-0.3, -0.25) is 9.78 Å². The zero-order valence-corrected chi connectivity index (χ0v) is 13.9. The highest BCUT2D eigenvalue weighted by Crippen LogP contribution is 2.37. The molecule has 0 aliphatic carbocycles. The molecule has 126 valence electrons. The van der Waals surface area contributed by atoms with Crippen LogP contribution in [0.15, 0.2) is 36.7 Å². The molecule has 3 rings (SSSR count). The number of anilines is 1. The van der Waals surface area contributed by atoms with E-state index in [0.717, 1.165) is 18.5 Å². The van der Waals surface area contributed by atoms with Crippen molar-refractivity contribution in [2.24, 2.45) is 0 Å². The van der Waals surface area contributed by atoms with Crippen molar-refractivity contribution in [3.8, 4) is 5.88 Å². The first-order chi connectivity index (χ1) is 11.7. The lowest BCUT2D eigenvalue weighted by atomic mass is 9.87. The van der Waals surface area contributed by atoms with Gasteiger partial charge in [-0.25, -0.2) is 4.98 Å². The smallest absolute Gasteiger partial charge is 0.278 e. The number of para-hydroxylation sites is 1. The van der Waals surface area contributed by atoms with Gasteiger partial charge in [-0.15, -0.1) is 0 Å². The number of aromatic nitrogens is 2. The van der Waals surface area contributed by atoms with Gasteiger partial charge in [0.1, 0.15) is 0 Å². The molecule has 0 saturated heterocycles. The van der Waals surface area contributed by atoms with Crippen LogP contribution < -0.4 is 9.64 Å². The van der Waals surface area contributed by atoms with E-state index in [-0.39, 0.29) is 5.91 Å². The number of hydrogen-bond acceptors (Lipinski definition) is 5. The molecule has 6 heteroatoms. The Kier molecular flexibility index (Phi) is 5.05. The largest absolute Gasteiger partial charge is 0.480 e. The first kappa shape index (κ1) is 16.4. The minimum Gasteiger partial charge on any atom is -0.480 e. The maximum absolute atomic E-state index is 12.9. The number of methoxy groups -OCH3 is 2. The summed E-state index contributed by atoms with van der Waals surface area (Å²) in [5.41, 5.74) is 2.42. The molecule has 1 aliphatic rings. The number of hydrogen-bond donors (Lipinski definition) is 0. The summed E-state index contributed by atoms with van der Waals surface area (Å²) in [7, 11) is 3.22. The SMILES string of the molecule is COCCC1CCN(C(=O)c2cncc(OC)n2)c2ccccc21. The summed E-state index contributed by atoms with van der Waals surface area (Å²) in [6, 6.07) is 8.04. The van der Waals surface area contributed by atoms with Gasteiger partial charge in [-0.2, -0.15) is 0 Å². The average molecular weight is 327 g/mol. The van der Waals surface area contributed by atoms with E-state index in [4.69, 9.17) is 9.47 Å². The van der Waals surface area contributed by atoms with Crippen molar-refractivity contribution in [3.05, 3.63) is 47.9 Å². The molecule has 1 aromatic heterocycles. The third-order valence-electron chi connectivity index (χ3n) is 4.32. The highest BCUT2D eigenvalue weighted by atomic mass is 16.5. The number of nitrogens with zero attached hydrogens (tertiary/aromatic N) is 3. The van der Waals surface area contributed by atoms with Crippen LogP contribution in [0.5, 0.6) is 5.88 Å². The fourth-order valence-corrected chi connectivity index (χ4v) is 3.10. The first-order valence-electron chi connectivity index (χ1n) is 8.00. The van der Waals surface area contributed by atoms with Crippen LogP contribution in [-0.4, -0.2) is 43.2 Å². The molecule has 0 spiro atoms. The highest BCUT2D eigenvalue weighted by molar-refractivity contribution is 6.05. The van der Waals surface area contributed by atoms with Crippen molar-refractivity contribution in [2.75, 3.05) is 32.3 Å². The number of carbonyl (C=O) groups excluding carboxylic acids is 1. The molecule has 1 unspecified atom stereocenters. The van der Waals surface area contributed by atoms with E-state index in [0.29, 0.717) is 30.6 Å². The summed E-state index contributed by atoms with van der Waals surface area (Å²) in [5, 5.41) is 0. The number of rotatable bonds is 5. The molecule has 1 amide bonds.